The molecular weight excluding hydrogens is 451 g/mol. The van der Waals surface area contributed by atoms with Crippen molar-refractivity contribution in [2.75, 3.05) is 24.7 Å². The zero-order chi connectivity index (χ0) is 21.5. The van der Waals surface area contributed by atoms with Gasteiger partial charge in [0.1, 0.15) is 34.6 Å². The fourth-order valence-electron chi connectivity index (χ4n) is 3.45. The number of hydrogen-bond acceptors (Lipinski definition) is 7. The van der Waals surface area contributed by atoms with Crippen molar-refractivity contribution in [1.82, 2.24) is 14.3 Å². The van der Waals surface area contributed by atoms with E-state index in [0.717, 1.165) is 15.8 Å². The van der Waals surface area contributed by atoms with Crippen molar-refractivity contribution < 1.29 is 17.5 Å². The highest BCUT2D eigenvalue weighted by molar-refractivity contribution is 7.88. The van der Waals surface area contributed by atoms with E-state index in [2.05, 4.69) is 15.3 Å². The number of sulfonamides is 1. The van der Waals surface area contributed by atoms with Crippen LogP contribution in [0.3, 0.4) is 0 Å². The third-order valence-electron chi connectivity index (χ3n) is 4.97. The third kappa shape index (κ3) is 4.36. The van der Waals surface area contributed by atoms with E-state index >= 15 is 0 Å². The lowest BCUT2D eigenvalue weighted by Crippen LogP contribution is -2.43. The van der Waals surface area contributed by atoms with Gasteiger partial charge in [-0.3, -0.25) is 0 Å². The van der Waals surface area contributed by atoms with E-state index in [1.54, 1.807) is 6.07 Å². The number of thiophene rings is 1. The molecule has 0 aliphatic carbocycles. The average molecular weight is 471 g/mol. The number of ether oxygens (including phenoxy) is 1. The van der Waals surface area contributed by atoms with E-state index < -0.39 is 15.8 Å². The highest BCUT2D eigenvalue weighted by Gasteiger charge is 2.28. The van der Waals surface area contributed by atoms with Crippen LogP contribution in [-0.2, 0) is 10.0 Å². The van der Waals surface area contributed by atoms with E-state index in [1.165, 1.54) is 40.4 Å². The Morgan fingerprint density at radius 1 is 1.37 bits per heavy atom. The molecule has 11 heteroatoms. The molecule has 1 N–H and O–H groups in total. The molecule has 0 radical (unpaired) electrons. The summed E-state index contributed by atoms with van der Waals surface area (Å²) >= 11 is 7.62. The van der Waals surface area contributed by atoms with Gasteiger partial charge in [0, 0.05) is 12.6 Å². The molecule has 3 aromatic rings. The number of fused-ring (bicyclic) bond motifs is 1. The van der Waals surface area contributed by atoms with E-state index in [-0.39, 0.29) is 12.6 Å². The fraction of sp³-hybridized carbons (Fsp3) is 0.368. The van der Waals surface area contributed by atoms with Crippen LogP contribution in [0.1, 0.15) is 18.4 Å². The summed E-state index contributed by atoms with van der Waals surface area (Å²) in [4.78, 5) is 9.32. The summed E-state index contributed by atoms with van der Waals surface area (Å²) in [5.41, 5.74) is 1.38. The number of hydrogen-bond donors (Lipinski definition) is 1. The lowest BCUT2D eigenvalue weighted by molar-refractivity contribution is 0.130. The molecule has 1 aliphatic rings. The maximum Gasteiger partial charge on any atom is 0.211 e. The van der Waals surface area contributed by atoms with Gasteiger partial charge in [0.2, 0.25) is 10.0 Å². The Labute approximate surface area is 182 Å². The van der Waals surface area contributed by atoms with Gasteiger partial charge in [-0.05, 0) is 37.5 Å². The molecule has 1 fully saturated rings. The minimum atomic E-state index is -3.31. The number of rotatable bonds is 5. The number of nitrogens with one attached hydrogen (secondary N) is 1. The Kier molecular flexibility index (Phi) is 5.84. The van der Waals surface area contributed by atoms with Crippen molar-refractivity contribution >= 4 is 54.7 Å². The van der Waals surface area contributed by atoms with Gasteiger partial charge in [-0.15, -0.1) is 11.3 Å². The number of piperidine rings is 1. The quantitative estimate of drug-likeness (QED) is 0.597. The summed E-state index contributed by atoms with van der Waals surface area (Å²) in [5, 5.41) is 4.00. The lowest BCUT2D eigenvalue weighted by atomic mass is 10.1. The summed E-state index contributed by atoms with van der Waals surface area (Å²) in [6.45, 7) is 2.58. The average Bonchev–Trinajstić information content (AvgIpc) is 2.98. The highest BCUT2D eigenvalue weighted by atomic mass is 35.5. The SMILES string of the molecule is Cc1c(Cl)sc2ncnc(Nc3ccc(F)cc3OC3CCCN(S(C)(=O)=O)C3)c12. The molecule has 1 aromatic carbocycles. The maximum atomic E-state index is 14.0. The van der Waals surface area contributed by atoms with Crippen molar-refractivity contribution in [3.05, 3.63) is 40.2 Å². The molecule has 1 atom stereocenters. The van der Waals surface area contributed by atoms with Crippen LogP contribution >= 0.6 is 22.9 Å². The van der Waals surface area contributed by atoms with Gasteiger partial charge in [0.05, 0.1) is 28.2 Å². The second kappa shape index (κ2) is 8.26. The standard InChI is InChI=1S/C19H20ClFN4O3S2/c1-11-16-18(22-10-23-19(16)29-17(11)20)24-14-6-5-12(21)8-15(14)28-13-4-3-7-25(9-13)30(2,26)27/h5-6,8,10,13H,3-4,7,9H2,1-2H3,(H,22,23,24). The van der Waals surface area contributed by atoms with Gasteiger partial charge in [-0.2, -0.15) is 4.31 Å². The Morgan fingerprint density at radius 2 is 2.17 bits per heavy atom. The first kappa shape index (κ1) is 21.2. The maximum absolute atomic E-state index is 14.0. The van der Waals surface area contributed by atoms with Crippen LogP contribution in [0.5, 0.6) is 5.75 Å². The Hall–Kier alpha value is -2.01. The summed E-state index contributed by atoms with van der Waals surface area (Å²) in [7, 11) is -3.31. The van der Waals surface area contributed by atoms with Crippen molar-refractivity contribution in [2.45, 2.75) is 25.9 Å². The highest BCUT2D eigenvalue weighted by Crippen LogP contribution is 2.38. The molecule has 0 amide bonds. The molecule has 3 heterocycles. The smallest absolute Gasteiger partial charge is 0.211 e. The topological polar surface area (TPSA) is 84.4 Å². The second-order valence-corrected chi connectivity index (χ2v) is 10.8. The van der Waals surface area contributed by atoms with Gasteiger partial charge in [-0.25, -0.2) is 22.8 Å². The number of benzene rings is 1. The first-order valence-corrected chi connectivity index (χ1v) is 12.3. The van der Waals surface area contributed by atoms with E-state index in [9.17, 15) is 12.8 Å². The first-order chi connectivity index (χ1) is 14.2. The predicted molar refractivity (Wildman–Crippen MR) is 117 cm³/mol. The van der Waals surface area contributed by atoms with E-state index in [1.807, 2.05) is 6.92 Å². The minimum absolute atomic E-state index is 0.228. The molecule has 2 aromatic heterocycles. The summed E-state index contributed by atoms with van der Waals surface area (Å²) in [5.74, 6) is 0.383. The summed E-state index contributed by atoms with van der Waals surface area (Å²) in [6.07, 6.45) is 3.60. The van der Waals surface area contributed by atoms with Crippen LogP contribution in [0.25, 0.3) is 10.2 Å². The van der Waals surface area contributed by atoms with Crippen molar-refractivity contribution in [3.63, 3.8) is 0 Å². The van der Waals surface area contributed by atoms with Crippen LogP contribution in [0.4, 0.5) is 15.9 Å². The molecule has 0 bridgehead atoms. The Balaban J connectivity index is 1.64. The van der Waals surface area contributed by atoms with Gasteiger partial charge in [-0.1, -0.05) is 11.6 Å². The fourth-order valence-corrected chi connectivity index (χ4v) is 5.53. The van der Waals surface area contributed by atoms with Crippen LogP contribution < -0.4 is 10.1 Å². The Bertz CT molecular complexity index is 1200. The van der Waals surface area contributed by atoms with E-state index in [0.29, 0.717) is 41.0 Å². The number of nitrogens with zero attached hydrogens (tertiary/aromatic N) is 3. The summed E-state index contributed by atoms with van der Waals surface area (Å²) in [6, 6.07) is 4.18. The van der Waals surface area contributed by atoms with Gasteiger partial charge in [0.25, 0.3) is 0 Å². The normalized spacial score (nSPS) is 17.9. The molecule has 1 unspecified atom stereocenters. The molecule has 30 heavy (non-hydrogen) atoms. The van der Waals surface area contributed by atoms with Gasteiger partial charge < -0.3 is 10.1 Å². The molecule has 160 valence electrons. The number of anilines is 2. The molecule has 7 nitrogen and oxygen atoms in total. The third-order valence-corrected chi connectivity index (χ3v) is 7.74. The number of halogens is 2. The minimum Gasteiger partial charge on any atom is -0.487 e. The molecule has 1 saturated heterocycles. The molecule has 0 saturated carbocycles. The zero-order valence-electron chi connectivity index (χ0n) is 16.4. The zero-order valence-corrected chi connectivity index (χ0v) is 18.7. The van der Waals surface area contributed by atoms with Crippen LogP contribution in [0, 0.1) is 12.7 Å². The first-order valence-electron chi connectivity index (χ1n) is 9.30. The Morgan fingerprint density at radius 3 is 2.93 bits per heavy atom. The van der Waals surface area contributed by atoms with Crippen LogP contribution in [0.15, 0.2) is 24.5 Å². The summed E-state index contributed by atoms with van der Waals surface area (Å²) < 4.78 is 45.8. The van der Waals surface area contributed by atoms with Crippen molar-refractivity contribution in [1.29, 1.82) is 0 Å². The van der Waals surface area contributed by atoms with Crippen LogP contribution in [-0.4, -0.2) is 48.1 Å². The predicted octanol–water partition coefficient (Wildman–Crippen LogP) is 4.34. The largest absolute Gasteiger partial charge is 0.487 e. The van der Waals surface area contributed by atoms with Gasteiger partial charge >= 0.3 is 0 Å². The second-order valence-electron chi connectivity index (χ2n) is 7.17. The lowest BCUT2D eigenvalue weighted by Gasteiger charge is -2.31. The van der Waals surface area contributed by atoms with Crippen molar-refractivity contribution in [2.24, 2.45) is 0 Å². The molecular formula is C19H20ClFN4O3S2. The number of aryl methyl sites for hydroxylation is 1. The van der Waals surface area contributed by atoms with E-state index in [4.69, 9.17) is 16.3 Å². The van der Waals surface area contributed by atoms with Crippen LogP contribution in [0.2, 0.25) is 4.34 Å². The van der Waals surface area contributed by atoms with Crippen molar-refractivity contribution in [3.8, 4) is 5.75 Å². The van der Waals surface area contributed by atoms with Gasteiger partial charge in [0.15, 0.2) is 0 Å². The molecule has 1 aliphatic heterocycles. The number of aromatic nitrogens is 2. The molecule has 0 spiro atoms. The molecule has 4 rings (SSSR count). The monoisotopic (exact) mass is 470 g/mol.